The molecule has 0 bridgehead atoms. The fraction of sp³-hybridized carbons (Fsp3) is 0.273. The average molecular weight is 396 g/mol. The molecule has 1 aliphatic rings. The van der Waals surface area contributed by atoms with Crippen LogP contribution in [-0.2, 0) is 0 Å². The highest BCUT2D eigenvalue weighted by atomic mass is 19.1. The molecule has 1 saturated heterocycles. The Morgan fingerprint density at radius 2 is 1.72 bits per heavy atom. The van der Waals surface area contributed by atoms with E-state index in [4.69, 9.17) is 10.5 Å². The monoisotopic (exact) mass is 396 g/mol. The summed E-state index contributed by atoms with van der Waals surface area (Å²) in [6, 6.07) is 12.4. The highest BCUT2D eigenvalue weighted by Crippen LogP contribution is 2.36. The molecule has 0 unspecified atom stereocenters. The number of rotatable bonds is 6. The predicted octanol–water partition coefficient (Wildman–Crippen LogP) is 4.22. The van der Waals surface area contributed by atoms with Crippen LogP contribution in [0.5, 0.6) is 5.75 Å². The van der Waals surface area contributed by atoms with Gasteiger partial charge in [-0.2, -0.15) is 0 Å². The zero-order valence-electron chi connectivity index (χ0n) is 15.9. The van der Waals surface area contributed by atoms with E-state index in [0.717, 1.165) is 36.2 Å². The van der Waals surface area contributed by atoms with Crippen LogP contribution in [0.1, 0.15) is 24.6 Å². The van der Waals surface area contributed by atoms with E-state index >= 15 is 0 Å². The normalized spacial score (nSPS) is 16.8. The summed E-state index contributed by atoms with van der Waals surface area (Å²) in [5.41, 5.74) is 8.44. The van der Waals surface area contributed by atoms with Crippen LogP contribution in [0.2, 0.25) is 0 Å². The zero-order valence-corrected chi connectivity index (χ0v) is 15.9. The third-order valence-electron chi connectivity index (χ3n) is 5.13. The Hall–Kier alpha value is -3.06. The van der Waals surface area contributed by atoms with Crippen molar-refractivity contribution < 1.29 is 13.5 Å². The van der Waals surface area contributed by atoms with Crippen LogP contribution >= 0.6 is 0 Å². The van der Waals surface area contributed by atoms with Gasteiger partial charge in [0, 0.05) is 18.3 Å². The summed E-state index contributed by atoms with van der Waals surface area (Å²) < 4.78 is 32.1. The summed E-state index contributed by atoms with van der Waals surface area (Å²) in [7, 11) is 0. The van der Waals surface area contributed by atoms with Crippen LogP contribution in [0, 0.1) is 11.6 Å². The van der Waals surface area contributed by atoms with Gasteiger partial charge in [0.2, 0.25) is 5.95 Å². The van der Waals surface area contributed by atoms with Crippen molar-refractivity contribution in [3.63, 3.8) is 0 Å². The van der Waals surface area contributed by atoms with Crippen molar-refractivity contribution in [2.24, 2.45) is 0 Å². The Kier molecular flexibility index (Phi) is 5.67. The molecule has 1 fully saturated rings. The average Bonchev–Trinajstić information content (AvgIpc) is 3.19. The lowest BCUT2D eigenvalue weighted by molar-refractivity contribution is 0.195. The van der Waals surface area contributed by atoms with Crippen molar-refractivity contribution >= 4 is 5.95 Å². The third kappa shape index (κ3) is 4.51. The number of nitrogens with two attached hydrogens (primary N) is 1. The first-order valence-corrected chi connectivity index (χ1v) is 9.61. The Morgan fingerprint density at radius 3 is 2.45 bits per heavy atom. The molecule has 1 aromatic heterocycles. The van der Waals surface area contributed by atoms with E-state index in [2.05, 4.69) is 14.9 Å². The Morgan fingerprint density at radius 1 is 1.03 bits per heavy atom. The number of nitrogens with zero attached hydrogens (tertiary/aromatic N) is 3. The molecule has 150 valence electrons. The number of ether oxygens (including phenoxy) is 1. The van der Waals surface area contributed by atoms with Gasteiger partial charge in [0.15, 0.2) is 0 Å². The van der Waals surface area contributed by atoms with Crippen molar-refractivity contribution in [3.8, 4) is 16.9 Å². The molecule has 2 N–H and O–H groups in total. The largest absolute Gasteiger partial charge is 0.492 e. The maximum atomic E-state index is 13.3. The van der Waals surface area contributed by atoms with Gasteiger partial charge in [0.1, 0.15) is 24.0 Å². The van der Waals surface area contributed by atoms with Crippen LogP contribution in [0.4, 0.5) is 14.7 Å². The second-order valence-corrected chi connectivity index (χ2v) is 7.03. The minimum absolute atomic E-state index is 0.0807. The van der Waals surface area contributed by atoms with Crippen LogP contribution in [0.15, 0.2) is 54.7 Å². The minimum Gasteiger partial charge on any atom is -0.492 e. The second kappa shape index (κ2) is 8.53. The molecule has 7 heteroatoms. The summed E-state index contributed by atoms with van der Waals surface area (Å²) in [4.78, 5) is 11.0. The molecule has 3 aromatic rings. The highest BCUT2D eigenvalue weighted by Gasteiger charge is 2.29. The van der Waals surface area contributed by atoms with Crippen molar-refractivity contribution in [1.82, 2.24) is 14.9 Å². The van der Waals surface area contributed by atoms with Crippen LogP contribution in [0.25, 0.3) is 11.1 Å². The third-order valence-corrected chi connectivity index (χ3v) is 5.13. The highest BCUT2D eigenvalue weighted by molar-refractivity contribution is 5.66. The molecule has 1 atom stereocenters. The van der Waals surface area contributed by atoms with Crippen LogP contribution < -0.4 is 10.5 Å². The molecule has 29 heavy (non-hydrogen) atoms. The molecule has 2 aromatic carbocycles. The minimum atomic E-state index is -0.286. The summed E-state index contributed by atoms with van der Waals surface area (Å²) in [6.07, 6.45) is 3.69. The summed E-state index contributed by atoms with van der Waals surface area (Å²) >= 11 is 0. The maximum absolute atomic E-state index is 13.3. The Balaban J connectivity index is 1.51. The molecule has 0 radical (unpaired) electrons. The van der Waals surface area contributed by atoms with Gasteiger partial charge < -0.3 is 10.5 Å². The molecular formula is C22H22F2N4O. The standard InChI is InChI=1S/C22H22F2N4O/c23-16-5-3-15(4-6-16)19-14-26-22(25)27-21(19)20-2-1-11-28(20)12-13-29-18-9-7-17(24)8-10-18/h3-10,14,20H,1-2,11-13H2,(H2,25,26,27)/t20-/m1/s1. The van der Waals surface area contributed by atoms with E-state index in [0.29, 0.717) is 18.9 Å². The topological polar surface area (TPSA) is 64.3 Å². The number of aromatic nitrogens is 2. The maximum Gasteiger partial charge on any atom is 0.220 e. The van der Waals surface area contributed by atoms with Gasteiger partial charge in [-0.15, -0.1) is 0 Å². The molecule has 4 rings (SSSR count). The van der Waals surface area contributed by atoms with Crippen molar-refractivity contribution in [3.05, 3.63) is 72.1 Å². The lowest BCUT2D eigenvalue weighted by Gasteiger charge is -2.25. The number of halogens is 2. The number of nitrogen functional groups attached to an aromatic ring is 1. The zero-order chi connectivity index (χ0) is 20.2. The van der Waals surface area contributed by atoms with Gasteiger partial charge in [-0.25, -0.2) is 18.7 Å². The SMILES string of the molecule is Nc1ncc(-c2ccc(F)cc2)c([C@H]2CCCN2CCOc2ccc(F)cc2)n1. The second-order valence-electron chi connectivity index (χ2n) is 7.03. The molecule has 0 spiro atoms. The van der Waals surface area contributed by atoms with Gasteiger partial charge in [-0.3, -0.25) is 4.90 Å². The Bertz CT molecular complexity index is 964. The van der Waals surface area contributed by atoms with Crippen molar-refractivity contribution in [2.45, 2.75) is 18.9 Å². The fourth-order valence-corrected chi connectivity index (χ4v) is 3.73. The van der Waals surface area contributed by atoms with Gasteiger partial charge >= 0.3 is 0 Å². The van der Waals surface area contributed by atoms with E-state index in [9.17, 15) is 8.78 Å². The first-order chi connectivity index (χ1) is 14.1. The number of anilines is 1. The number of hydrogen-bond acceptors (Lipinski definition) is 5. The number of hydrogen-bond donors (Lipinski definition) is 1. The van der Waals surface area contributed by atoms with Gasteiger partial charge in [0.05, 0.1) is 11.7 Å². The fourth-order valence-electron chi connectivity index (χ4n) is 3.73. The van der Waals surface area contributed by atoms with Gasteiger partial charge in [-0.1, -0.05) is 12.1 Å². The van der Waals surface area contributed by atoms with Crippen LogP contribution in [-0.4, -0.2) is 34.6 Å². The first-order valence-electron chi connectivity index (χ1n) is 9.61. The number of likely N-dealkylation sites (tertiary alicyclic amines) is 1. The lowest BCUT2D eigenvalue weighted by atomic mass is 10.00. The molecule has 5 nitrogen and oxygen atoms in total. The van der Waals surface area contributed by atoms with E-state index in [-0.39, 0.29) is 23.6 Å². The van der Waals surface area contributed by atoms with E-state index in [1.807, 2.05) is 0 Å². The first kappa shape index (κ1) is 19.3. The Labute approximate surface area is 168 Å². The molecule has 2 heterocycles. The quantitative estimate of drug-likeness (QED) is 0.676. The van der Waals surface area contributed by atoms with E-state index in [1.54, 1.807) is 30.5 Å². The number of benzene rings is 2. The molecule has 0 saturated carbocycles. The predicted molar refractivity (Wildman–Crippen MR) is 107 cm³/mol. The van der Waals surface area contributed by atoms with Gasteiger partial charge in [0.25, 0.3) is 0 Å². The lowest BCUT2D eigenvalue weighted by Crippen LogP contribution is -2.29. The summed E-state index contributed by atoms with van der Waals surface area (Å²) in [5, 5.41) is 0. The summed E-state index contributed by atoms with van der Waals surface area (Å²) in [6.45, 7) is 2.10. The molecule has 0 amide bonds. The smallest absolute Gasteiger partial charge is 0.220 e. The van der Waals surface area contributed by atoms with E-state index < -0.39 is 0 Å². The molecule has 0 aliphatic carbocycles. The van der Waals surface area contributed by atoms with Crippen molar-refractivity contribution in [2.75, 3.05) is 25.4 Å². The molecular weight excluding hydrogens is 374 g/mol. The molecule has 1 aliphatic heterocycles. The van der Waals surface area contributed by atoms with Crippen LogP contribution in [0.3, 0.4) is 0 Å². The van der Waals surface area contributed by atoms with Gasteiger partial charge in [-0.05, 0) is 61.3 Å². The van der Waals surface area contributed by atoms with E-state index in [1.165, 1.54) is 24.3 Å². The summed E-state index contributed by atoms with van der Waals surface area (Å²) in [5.74, 6) is 0.291. The van der Waals surface area contributed by atoms with Crippen molar-refractivity contribution in [1.29, 1.82) is 0 Å².